The van der Waals surface area contributed by atoms with Crippen molar-refractivity contribution in [3.8, 4) is 33.9 Å². The maximum atomic E-state index is 5.34. The average Bonchev–Trinajstić information content (AvgIpc) is 2.85. The Kier molecular flexibility index (Phi) is 2.92. The van der Waals surface area contributed by atoms with Crippen LogP contribution >= 0.6 is 22.7 Å². The van der Waals surface area contributed by atoms with Crippen LogP contribution in [0.4, 0.5) is 0 Å². The lowest BCUT2D eigenvalue weighted by atomic mass is 10.3. The molecule has 2 heteroatoms. The normalized spacial score (nSPS) is 9.07. The van der Waals surface area contributed by atoms with E-state index in [0.29, 0.717) is 0 Å². The summed E-state index contributed by atoms with van der Waals surface area (Å²) in [7, 11) is 0. The smallest absolute Gasteiger partial charge is 0.0775 e. The highest BCUT2D eigenvalue weighted by Crippen LogP contribution is 2.32. The van der Waals surface area contributed by atoms with Gasteiger partial charge in [-0.05, 0) is 31.2 Å². The highest BCUT2D eigenvalue weighted by molar-refractivity contribution is 7.22. The molecule has 0 aliphatic carbocycles. The molecule has 0 atom stereocenters. The lowest BCUT2D eigenvalue weighted by Crippen LogP contribution is -1.57. The van der Waals surface area contributed by atoms with Crippen LogP contribution in [-0.4, -0.2) is 0 Å². The fraction of sp³-hybridized carbons (Fsp3) is 0.0769. The molecule has 0 aliphatic rings. The Morgan fingerprint density at radius 1 is 1.00 bits per heavy atom. The van der Waals surface area contributed by atoms with Crippen molar-refractivity contribution in [2.75, 3.05) is 0 Å². The highest BCUT2D eigenvalue weighted by Gasteiger charge is 2.04. The largest absolute Gasteiger partial charge is 0.126 e. The molecule has 0 fully saturated rings. The summed E-state index contributed by atoms with van der Waals surface area (Å²) >= 11 is 3.35. The molecule has 0 saturated carbocycles. The van der Waals surface area contributed by atoms with Gasteiger partial charge in [0.1, 0.15) is 0 Å². The zero-order valence-electron chi connectivity index (χ0n) is 8.20. The third kappa shape index (κ3) is 2.13. The van der Waals surface area contributed by atoms with E-state index in [0.717, 1.165) is 9.75 Å². The molecule has 0 spiro atoms. The zero-order chi connectivity index (χ0) is 10.7. The molecule has 0 saturated heterocycles. The number of terminal acetylenes is 1. The fourth-order valence-electron chi connectivity index (χ4n) is 1.21. The average molecular weight is 228 g/mol. The number of hydrogen-bond acceptors (Lipinski definition) is 2. The minimum atomic E-state index is 0.974. The van der Waals surface area contributed by atoms with E-state index < -0.39 is 0 Å². The first-order valence-corrected chi connectivity index (χ1v) is 6.06. The maximum Gasteiger partial charge on any atom is 0.0775 e. The van der Waals surface area contributed by atoms with Crippen LogP contribution in [0.25, 0.3) is 9.75 Å². The van der Waals surface area contributed by atoms with Gasteiger partial charge in [-0.1, -0.05) is 11.8 Å². The van der Waals surface area contributed by atoms with Crippen LogP contribution in [0.3, 0.4) is 0 Å². The molecule has 0 N–H and O–H groups in total. The lowest BCUT2D eigenvalue weighted by Gasteiger charge is -1.86. The first-order chi connectivity index (χ1) is 7.33. The third-order valence-corrected chi connectivity index (χ3v) is 4.06. The van der Waals surface area contributed by atoms with Gasteiger partial charge in [-0.2, -0.15) is 0 Å². The Labute approximate surface area is 97.6 Å². The van der Waals surface area contributed by atoms with Gasteiger partial charge in [0.25, 0.3) is 0 Å². The Balaban J connectivity index is 2.36. The van der Waals surface area contributed by atoms with E-state index in [1.807, 2.05) is 19.1 Å². The topological polar surface area (TPSA) is 0 Å². The monoisotopic (exact) mass is 228 g/mol. The first-order valence-electron chi connectivity index (χ1n) is 4.43. The Morgan fingerprint density at radius 3 is 2.13 bits per heavy atom. The second kappa shape index (κ2) is 4.36. The summed E-state index contributed by atoms with van der Waals surface area (Å²) in [5, 5.41) is 0. The molecule has 2 aromatic heterocycles. The SMILES string of the molecule is C#Cc1ccc(-c2ccc(C#CC)s2)s1. The van der Waals surface area contributed by atoms with Crippen LogP contribution < -0.4 is 0 Å². The summed E-state index contributed by atoms with van der Waals surface area (Å²) in [5.74, 6) is 8.59. The minimum Gasteiger partial charge on any atom is -0.126 e. The van der Waals surface area contributed by atoms with Crippen LogP contribution in [0.1, 0.15) is 16.7 Å². The molecule has 0 amide bonds. The van der Waals surface area contributed by atoms with Crippen molar-refractivity contribution in [3.63, 3.8) is 0 Å². The number of rotatable bonds is 1. The van der Waals surface area contributed by atoms with Gasteiger partial charge in [-0.3, -0.25) is 0 Å². The molecule has 0 aromatic carbocycles. The van der Waals surface area contributed by atoms with Gasteiger partial charge in [0, 0.05) is 9.75 Å². The van der Waals surface area contributed by atoms with Crippen molar-refractivity contribution >= 4 is 22.7 Å². The van der Waals surface area contributed by atoms with Gasteiger partial charge < -0.3 is 0 Å². The fourth-order valence-corrected chi connectivity index (χ4v) is 3.03. The van der Waals surface area contributed by atoms with Gasteiger partial charge >= 0.3 is 0 Å². The Hall–Kier alpha value is -1.48. The van der Waals surface area contributed by atoms with Crippen molar-refractivity contribution in [1.82, 2.24) is 0 Å². The summed E-state index contributed by atoms with van der Waals surface area (Å²) in [5.41, 5.74) is 0. The second-order valence-corrected chi connectivity index (χ2v) is 5.01. The first kappa shape index (κ1) is 10.1. The van der Waals surface area contributed by atoms with E-state index in [9.17, 15) is 0 Å². The van der Waals surface area contributed by atoms with E-state index in [1.54, 1.807) is 22.7 Å². The molecule has 15 heavy (non-hydrogen) atoms. The van der Waals surface area contributed by atoms with Crippen LogP contribution in [0, 0.1) is 24.2 Å². The Bertz CT molecular complexity index is 567. The lowest BCUT2D eigenvalue weighted by molar-refractivity contribution is 1.86. The van der Waals surface area contributed by atoms with Crippen molar-refractivity contribution in [3.05, 3.63) is 34.0 Å². The van der Waals surface area contributed by atoms with Gasteiger partial charge in [0.05, 0.1) is 9.75 Å². The van der Waals surface area contributed by atoms with Gasteiger partial charge in [-0.25, -0.2) is 0 Å². The van der Waals surface area contributed by atoms with Gasteiger partial charge in [-0.15, -0.1) is 35.0 Å². The predicted molar refractivity (Wildman–Crippen MR) is 68.1 cm³/mol. The van der Waals surface area contributed by atoms with E-state index in [2.05, 4.69) is 29.9 Å². The molecule has 0 radical (unpaired) electrons. The summed E-state index contributed by atoms with van der Waals surface area (Å²) in [6.07, 6.45) is 5.34. The van der Waals surface area contributed by atoms with E-state index in [1.165, 1.54) is 9.75 Å². The van der Waals surface area contributed by atoms with E-state index in [4.69, 9.17) is 6.42 Å². The molecule has 0 nitrogen and oxygen atoms in total. The van der Waals surface area contributed by atoms with Crippen LogP contribution in [0.15, 0.2) is 24.3 Å². The van der Waals surface area contributed by atoms with Crippen molar-refractivity contribution < 1.29 is 0 Å². The standard InChI is InChI=1S/C13H8S2/c1-3-5-11-7-9-13(15-11)12-8-6-10(4-2)14-12/h2,6-9H,1H3. The molecular weight excluding hydrogens is 220 g/mol. The third-order valence-electron chi connectivity index (χ3n) is 1.85. The quantitative estimate of drug-likeness (QED) is 0.651. The molecule has 2 heterocycles. The second-order valence-electron chi connectivity index (χ2n) is 2.85. The summed E-state index contributed by atoms with van der Waals surface area (Å²) < 4.78 is 0. The van der Waals surface area contributed by atoms with Crippen molar-refractivity contribution in [2.45, 2.75) is 6.92 Å². The number of thiophene rings is 2. The van der Waals surface area contributed by atoms with Crippen molar-refractivity contribution in [2.24, 2.45) is 0 Å². The van der Waals surface area contributed by atoms with Crippen molar-refractivity contribution in [1.29, 1.82) is 0 Å². The molecular formula is C13H8S2. The molecule has 2 aromatic rings. The Morgan fingerprint density at radius 2 is 1.60 bits per heavy atom. The van der Waals surface area contributed by atoms with Gasteiger partial charge in [0.2, 0.25) is 0 Å². The van der Waals surface area contributed by atoms with E-state index in [-0.39, 0.29) is 0 Å². The zero-order valence-corrected chi connectivity index (χ0v) is 9.84. The molecule has 2 rings (SSSR count). The van der Waals surface area contributed by atoms with Crippen LogP contribution in [0.2, 0.25) is 0 Å². The molecule has 0 unspecified atom stereocenters. The summed E-state index contributed by atoms with van der Waals surface area (Å²) in [4.78, 5) is 4.53. The molecule has 0 bridgehead atoms. The highest BCUT2D eigenvalue weighted by atomic mass is 32.1. The summed E-state index contributed by atoms with van der Waals surface area (Å²) in [6.45, 7) is 1.85. The van der Waals surface area contributed by atoms with Gasteiger partial charge in [0.15, 0.2) is 0 Å². The maximum absolute atomic E-state index is 5.34. The van der Waals surface area contributed by atoms with Crippen LogP contribution in [0.5, 0.6) is 0 Å². The molecule has 72 valence electrons. The molecule has 0 aliphatic heterocycles. The minimum absolute atomic E-state index is 0.974. The van der Waals surface area contributed by atoms with Crippen LogP contribution in [-0.2, 0) is 0 Å². The predicted octanol–water partition coefficient (Wildman–Crippen LogP) is 3.83. The summed E-state index contributed by atoms with van der Waals surface area (Å²) in [6, 6.07) is 8.18. The number of hydrogen-bond donors (Lipinski definition) is 0. The van der Waals surface area contributed by atoms with E-state index >= 15 is 0 Å².